The molecule has 1 aromatic heterocycles. The maximum Gasteiger partial charge on any atom is 0.322 e. The molecule has 0 fully saturated rings. The van der Waals surface area contributed by atoms with Crippen LogP contribution in [-0.2, 0) is 4.79 Å². The third-order valence-corrected chi connectivity index (χ3v) is 3.23. The van der Waals surface area contributed by atoms with Gasteiger partial charge in [-0.25, -0.2) is 4.39 Å². The second-order valence-corrected chi connectivity index (χ2v) is 4.42. The van der Waals surface area contributed by atoms with Crippen LogP contribution in [0.2, 0.25) is 0 Å². The Bertz CT molecular complexity index is 593. The molecule has 6 heteroatoms. The third-order valence-electron chi connectivity index (χ3n) is 2.13. The Hall–Kier alpha value is -1.95. The van der Waals surface area contributed by atoms with Crippen molar-refractivity contribution >= 4 is 33.3 Å². The number of carboxylic acid groups (broad SMARTS) is 1. The predicted octanol–water partition coefficient (Wildman–Crippen LogP) is 1.85. The molecule has 1 aromatic carbocycles. The maximum absolute atomic E-state index is 13.4. The lowest BCUT2D eigenvalue weighted by atomic mass is 10.2. The Morgan fingerprint density at radius 3 is 2.82 bits per heavy atom. The minimum atomic E-state index is -1.12. The smallest absolute Gasteiger partial charge is 0.322 e. The molecule has 0 bridgehead atoms. The molecule has 1 heterocycles. The molecular weight excluding hydrogens is 245 g/mol. The molecule has 0 saturated carbocycles. The number of carboxylic acids is 1. The van der Waals surface area contributed by atoms with Gasteiger partial charge in [0.05, 0.1) is 4.88 Å². The molecule has 17 heavy (non-hydrogen) atoms. The molecule has 0 unspecified atom stereocenters. The van der Waals surface area contributed by atoms with Gasteiger partial charge in [0, 0.05) is 10.1 Å². The van der Waals surface area contributed by atoms with Crippen LogP contribution in [0.25, 0.3) is 10.1 Å². The van der Waals surface area contributed by atoms with Crippen molar-refractivity contribution in [2.45, 2.75) is 0 Å². The van der Waals surface area contributed by atoms with E-state index in [1.165, 1.54) is 12.1 Å². The van der Waals surface area contributed by atoms with Crippen molar-refractivity contribution < 1.29 is 19.1 Å². The number of rotatable bonds is 3. The van der Waals surface area contributed by atoms with Crippen LogP contribution < -0.4 is 5.32 Å². The number of halogens is 1. The Balaban J connectivity index is 2.27. The van der Waals surface area contributed by atoms with E-state index in [1.807, 2.05) is 0 Å². The Morgan fingerprint density at radius 1 is 1.41 bits per heavy atom. The zero-order valence-corrected chi connectivity index (χ0v) is 9.38. The van der Waals surface area contributed by atoms with E-state index in [9.17, 15) is 14.0 Å². The van der Waals surface area contributed by atoms with Gasteiger partial charge in [0.2, 0.25) is 0 Å². The normalized spacial score (nSPS) is 10.4. The average molecular weight is 253 g/mol. The monoisotopic (exact) mass is 253 g/mol. The van der Waals surface area contributed by atoms with E-state index in [0.29, 0.717) is 15.0 Å². The second kappa shape index (κ2) is 4.50. The molecule has 0 aliphatic carbocycles. The lowest BCUT2D eigenvalue weighted by Crippen LogP contribution is -2.28. The summed E-state index contributed by atoms with van der Waals surface area (Å²) < 4.78 is 14.0. The van der Waals surface area contributed by atoms with Crippen molar-refractivity contribution in [3.05, 3.63) is 35.0 Å². The van der Waals surface area contributed by atoms with Crippen LogP contribution in [0.1, 0.15) is 9.67 Å². The van der Waals surface area contributed by atoms with Crippen LogP contribution in [0.4, 0.5) is 4.39 Å². The molecule has 0 aliphatic heterocycles. The van der Waals surface area contributed by atoms with Crippen LogP contribution in [0.15, 0.2) is 24.3 Å². The zero-order valence-electron chi connectivity index (χ0n) is 8.57. The highest BCUT2D eigenvalue weighted by molar-refractivity contribution is 7.20. The fourth-order valence-electron chi connectivity index (χ4n) is 1.38. The summed E-state index contributed by atoms with van der Waals surface area (Å²) in [4.78, 5) is 22.1. The molecule has 0 saturated heterocycles. The molecule has 0 aliphatic rings. The number of carbonyl (C=O) groups excluding carboxylic acids is 1. The third kappa shape index (κ3) is 2.42. The number of thiophene rings is 1. The summed E-state index contributed by atoms with van der Waals surface area (Å²) in [5.41, 5.74) is 0. The lowest BCUT2D eigenvalue weighted by molar-refractivity contribution is -0.135. The molecule has 1 amide bonds. The van der Waals surface area contributed by atoms with E-state index >= 15 is 0 Å². The summed E-state index contributed by atoms with van der Waals surface area (Å²) in [6, 6.07) is 6.00. The van der Waals surface area contributed by atoms with Crippen molar-refractivity contribution in [2.24, 2.45) is 0 Å². The van der Waals surface area contributed by atoms with Gasteiger partial charge in [-0.05, 0) is 18.2 Å². The van der Waals surface area contributed by atoms with Crippen molar-refractivity contribution in [3.8, 4) is 0 Å². The van der Waals surface area contributed by atoms with E-state index in [0.717, 1.165) is 11.3 Å². The number of amides is 1. The van der Waals surface area contributed by atoms with E-state index in [1.54, 1.807) is 12.1 Å². The highest BCUT2D eigenvalue weighted by Crippen LogP contribution is 2.27. The highest BCUT2D eigenvalue weighted by Gasteiger charge is 2.12. The van der Waals surface area contributed by atoms with Crippen molar-refractivity contribution in [1.29, 1.82) is 0 Å². The van der Waals surface area contributed by atoms with E-state index in [4.69, 9.17) is 5.11 Å². The van der Waals surface area contributed by atoms with Crippen molar-refractivity contribution in [3.63, 3.8) is 0 Å². The summed E-state index contributed by atoms with van der Waals surface area (Å²) in [6.45, 7) is -0.449. The first-order chi connectivity index (χ1) is 8.08. The van der Waals surface area contributed by atoms with Crippen molar-refractivity contribution in [1.82, 2.24) is 5.32 Å². The van der Waals surface area contributed by atoms with Gasteiger partial charge in [-0.1, -0.05) is 6.07 Å². The molecule has 0 radical (unpaired) electrons. The quantitative estimate of drug-likeness (QED) is 0.877. The number of nitrogens with one attached hydrogen (secondary N) is 1. The number of hydrogen-bond acceptors (Lipinski definition) is 3. The number of fused-ring (bicyclic) bond motifs is 1. The first-order valence-corrected chi connectivity index (χ1v) is 5.57. The summed E-state index contributed by atoms with van der Waals surface area (Å²) in [5.74, 6) is -2.02. The van der Waals surface area contributed by atoms with E-state index in [2.05, 4.69) is 5.32 Å². The molecule has 4 nitrogen and oxygen atoms in total. The van der Waals surface area contributed by atoms with Crippen LogP contribution in [0.3, 0.4) is 0 Å². The number of carbonyl (C=O) groups is 2. The van der Waals surface area contributed by atoms with Crippen molar-refractivity contribution in [2.75, 3.05) is 6.54 Å². The fraction of sp³-hybridized carbons (Fsp3) is 0.0909. The molecule has 0 spiro atoms. The minimum absolute atomic E-state index is 0.298. The number of hydrogen-bond donors (Lipinski definition) is 2. The molecular formula is C11H8FNO3S. The van der Waals surface area contributed by atoms with Gasteiger partial charge in [0.1, 0.15) is 12.4 Å². The van der Waals surface area contributed by atoms with Crippen LogP contribution in [-0.4, -0.2) is 23.5 Å². The first kappa shape index (κ1) is 11.5. The molecule has 2 aromatic rings. The first-order valence-electron chi connectivity index (χ1n) is 4.76. The van der Waals surface area contributed by atoms with Crippen LogP contribution >= 0.6 is 11.3 Å². The maximum atomic E-state index is 13.4. The van der Waals surface area contributed by atoms with Gasteiger partial charge >= 0.3 is 5.97 Å². The second-order valence-electron chi connectivity index (χ2n) is 3.34. The Morgan fingerprint density at radius 2 is 2.18 bits per heavy atom. The van der Waals surface area contributed by atoms with E-state index in [-0.39, 0.29) is 0 Å². The zero-order chi connectivity index (χ0) is 12.4. The number of aliphatic carboxylic acids is 1. The van der Waals surface area contributed by atoms with Gasteiger partial charge < -0.3 is 10.4 Å². The number of benzene rings is 1. The fourth-order valence-corrected chi connectivity index (χ4v) is 2.37. The summed E-state index contributed by atoms with van der Waals surface area (Å²) in [5, 5.41) is 11.0. The summed E-state index contributed by atoms with van der Waals surface area (Å²) in [7, 11) is 0. The average Bonchev–Trinajstić information content (AvgIpc) is 2.71. The Labute approximate surface area is 99.7 Å². The van der Waals surface area contributed by atoms with Crippen LogP contribution in [0.5, 0.6) is 0 Å². The molecule has 2 rings (SSSR count). The minimum Gasteiger partial charge on any atom is -0.480 e. The van der Waals surface area contributed by atoms with Gasteiger partial charge in [0.15, 0.2) is 0 Å². The van der Waals surface area contributed by atoms with Gasteiger partial charge in [-0.2, -0.15) is 0 Å². The highest BCUT2D eigenvalue weighted by atomic mass is 32.1. The van der Waals surface area contributed by atoms with Crippen LogP contribution in [0, 0.1) is 5.82 Å². The topological polar surface area (TPSA) is 66.4 Å². The van der Waals surface area contributed by atoms with E-state index < -0.39 is 24.2 Å². The largest absolute Gasteiger partial charge is 0.480 e. The Kier molecular flexibility index (Phi) is 3.06. The predicted molar refractivity (Wildman–Crippen MR) is 61.8 cm³/mol. The summed E-state index contributed by atoms with van der Waals surface area (Å²) >= 11 is 1.13. The molecule has 2 N–H and O–H groups in total. The van der Waals surface area contributed by atoms with Gasteiger partial charge in [-0.3, -0.25) is 9.59 Å². The molecule has 0 atom stereocenters. The van der Waals surface area contributed by atoms with Gasteiger partial charge in [0.25, 0.3) is 5.91 Å². The summed E-state index contributed by atoms with van der Waals surface area (Å²) in [6.07, 6.45) is 0. The lowest BCUT2D eigenvalue weighted by Gasteiger charge is -1.97. The standard InChI is InChI=1S/C11H8FNO3S/c12-7-2-1-3-8-6(7)4-9(17-8)11(16)13-5-10(14)15/h1-4H,5H2,(H,13,16)(H,14,15). The van der Waals surface area contributed by atoms with Gasteiger partial charge in [-0.15, -0.1) is 11.3 Å². The molecule has 88 valence electrons. The SMILES string of the molecule is O=C(O)CNC(=O)c1cc2c(F)cccc2s1.